The highest BCUT2D eigenvalue weighted by Crippen LogP contribution is 2.43. The number of rotatable bonds is 66. The molecule has 10 heteroatoms. The van der Waals surface area contributed by atoms with Crippen LogP contribution in [0.25, 0.3) is 0 Å². The summed E-state index contributed by atoms with van der Waals surface area (Å²) in [6.07, 6.45) is 92.4. The van der Waals surface area contributed by atoms with Crippen LogP contribution in [-0.2, 0) is 27.9 Å². The summed E-state index contributed by atoms with van der Waals surface area (Å²) < 4.78 is 30.9. The molecule has 508 valence electrons. The van der Waals surface area contributed by atoms with Crippen molar-refractivity contribution in [2.45, 2.75) is 335 Å². The van der Waals surface area contributed by atoms with Gasteiger partial charge in [-0.3, -0.25) is 18.6 Å². The van der Waals surface area contributed by atoms with Gasteiger partial charge in [-0.1, -0.05) is 304 Å². The molecule has 0 aromatic heterocycles. The molecule has 0 aliphatic rings. The third-order valence-electron chi connectivity index (χ3n) is 15.9. The van der Waals surface area contributed by atoms with E-state index < -0.39 is 20.0 Å². The molecule has 0 aromatic rings. The maximum atomic E-state index is 13.6. The molecule has 0 aliphatic heterocycles. The molecule has 3 atom stereocenters. The van der Waals surface area contributed by atoms with Gasteiger partial charge in [-0.25, -0.2) is 4.57 Å². The molecule has 3 unspecified atom stereocenters. The number of quaternary nitrogens is 1. The van der Waals surface area contributed by atoms with Crippen LogP contribution < -0.4 is 5.32 Å². The quantitative estimate of drug-likeness (QED) is 0.0205. The number of carbonyl (C=O) groups is 2. The largest absolute Gasteiger partial charge is 0.472 e. The molecule has 0 fully saturated rings. The topological polar surface area (TPSA) is 111 Å². The fraction of sp³-hybridized carbons (Fsp3) is 0.744. The lowest BCUT2D eigenvalue weighted by molar-refractivity contribution is -0.870. The number of nitrogens with zero attached hydrogens (tertiary/aromatic N) is 1. The highest BCUT2D eigenvalue weighted by atomic mass is 31.2. The monoisotopic (exact) mass is 1250 g/mol. The molecule has 0 rings (SSSR count). The number of ether oxygens (including phenoxy) is 1. The van der Waals surface area contributed by atoms with Crippen molar-refractivity contribution in [2.75, 3.05) is 40.9 Å². The van der Waals surface area contributed by atoms with Gasteiger partial charge in [0, 0.05) is 12.8 Å². The minimum absolute atomic E-state index is 0.0341. The summed E-state index contributed by atoms with van der Waals surface area (Å²) in [5, 5.41) is 3.07. The van der Waals surface area contributed by atoms with Crippen molar-refractivity contribution < 1.29 is 37.3 Å². The first-order valence-corrected chi connectivity index (χ1v) is 38.2. The zero-order valence-corrected chi connectivity index (χ0v) is 59.1. The molecular weight excluding hydrogens is 1110 g/mol. The van der Waals surface area contributed by atoms with Crippen LogP contribution in [0.4, 0.5) is 0 Å². The number of carbonyl (C=O) groups excluding carboxylic acids is 2. The summed E-state index contributed by atoms with van der Waals surface area (Å²) >= 11 is 0. The van der Waals surface area contributed by atoms with E-state index in [4.69, 9.17) is 13.8 Å². The summed E-state index contributed by atoms with van der Waals surface area (Å²) in [6, 6.07) is -0.861. The molecule has 9 nitrogen and oxygen atoms in total. The first kappa shape index (κ1) is 84.7. The van der Waals surface area contributed by atoms with Crippen molar-refractivity contribution in [1.82, 2.24) is 5.32 Å². The molecule has 0 aliphatic carbocycles. The molecule has 0 aromatic carbocycles. The molecule has 88 heavy (non-hydrogen) atoms. The lowest BCUT2D eigenvalue weighted by Crippen LogP contribution is -2.47. The number of likely N-dealkylation sites (N-methyl/N-ethyl adjacent to an activating group) is 1. The van der Waals surface area contributed by atoms with Crippen molar-refractivity contribution >= 4 is 19.7 Å². The number of unbranched alkanes of at least 4 members (excludes halogenated alkanes) is 34. The van der Waals surface area contributed by atoms with Crippen molar-refractivity contribution in [1.29, 1.82) is 0 Å². The molecule has 0 saturated carbocycles. The number of hydrogen-bond acceptors (Lipinski definition) is 6. The zero-order chi connectivity index (χ0) is 64.2. The predicted octanol–water partition coefficient (Wildman–Crippen LogP) is 23.6. The van der Waals surface area contributed by atoms with E-state index in [9.17, 15) is 19.0 Å². The van der Waals surface area contributed by atoms with Gasteiger partial charge in [-0.15, -0.1) is 0 Å². The van der Waals surface area contributed by atoms with E-state index in [2.05, 4.69) is 123 Å². The molecule has 0 radical (unpaired) electrons. The fourth-order valence-electron chi connectivity index (χ4n) is 10.3. The maximum absolute atomic E-state index is 13.6. The smallest absolute Gasteiger partial charge is 0.456 e. The van der Waals surface area contributed by atoms with Crippen LogP contribution in [0, 0.1) is 0 Å². The maximum Gasteiger partial charge on any atom is 0.472 e. The number of nitrogens with one attached hydrogen (secondary N) is 1. The molecule has 0 spiro atoms. The van der Waals surface area contributed by atoms with Gasteiger partial charge >= 0.3 is 13.8 Å². The minimum atomic E-state index is -4.46. The first-order valence-electron chi connectivity index (χ1n) is 36.7. The average molecular weight is 1250 g/mol. The van der Waals surface area contributed by atoms with Crippen LogP contribution in [-0.4, -0.2) is 74.3 Å². The number of esters is 1. The molecular formula is C78H140N2O7P+. The fourth-order valence-corrected chi connectivity index (χ4v) is 11.1. The lowest BCUT2D eigenvalue weighted by Gasteiger charge is -2.27. The Hall–Kier alpha value is -3.33. The minimum Gasteiger partial charge on any atom is -0.456 e. The van der Waals surface area contributed by atoms with Crippen molar-refractivity contribution in [3.63, 3.8) is 0 Å². The SMILES string of the molecule is CC/C=C\C/C=C\C/C=C\C/C=C\C/C=C\CCCCCCCCCC(=O)OC(/C=C\CCCCCCCCCCCC)C(COP(=O)(O)OCC[N+](C)(C)C)NC(=O)CCCCCCCCCCCCCCCC/C=C\C/C=C\C/C=C\CCCCC. The number of amides is 1. The molecule has 0 heterocycles. The van der Waals surface area contributed by atoms with E-state index in [1.165, 1.54) is 173 Å². The molecule has 0 saturated heterocycles. The van der Waals surface area contributed by atoms with Crippen LogP contribution in [0.15, 0.2) is 109 Å². The van der Waals surface area contributed by atoms with Crippen molar-refractivity contribution in [2.24, 2.45) is 0 Å². The van der Waals surface area contributed by atoms with Crippen LogP contribution in [0.2, 0.25) is 0 Å². The van der Waals surface area contributed by atoms with Crippen molar-refractivity contribution in [3.8, 4) is 0 Å². The number of allylic oxidation sites excluding steroid dienone is 17. The van der Waals surface area contributed by atoms with E-state index in [0.29, 0.717) is 17.4 Å². The third kappa shape index (κ3) is 67.1. The predicted molar refractivity (Wildman–Crippen MR) is 383 cm³/mol. The van der Waals surface area contributed by atoms with E-state index in [-0.39, 0.29) is 31.5 Å². The number of phosphoric ester groups is 1. The Morgan fingerprint density at radius 3 is 1.11 bits per heavy atom. The summed E-state index contributed by atoms with van der Waals surface area (Å²) in [5.74, 6) is -0.515. The highest BCUT2D eigenvalue weighted by molar-refractivity contribution is 7.47. The second-order valence-electron chi connectivity index (χ2n) is 25.7. The summed E-state index contributed by atoms with van der Waals surface area (Å²) in [6.45, 7) is 6.88. The van der Waals surface area contributed by atoms with Crippen molar-refractivity contribution in [3.05, 3.63) is 109 Å². The standard InChI is InChI=1S/C78H139N2O7P/c1-7-10-13-16-19-22-25-28-30-32-34-36-38-39-40-41-43-44-46-48-50-52-55-58-61-64-67-70-77(81)79-75(74-86-88(83,84)85-73-72-80(4,5)6)76(69-66-63-60-57-54-27-24-21-18-15-12-9-3)87-78(82)71-68-65-62-59-56-53-51-49-47-45-42-37-35-33-31-29-26-23-20-17-14-11-8-2/h11,14,19-20,22-23,28-31,34-37,45,47,66,69,75-76H,7-10,12-13,15-18,21,24-27,32-33,38-44,46,48-65,67-68,70-74H2,1-6H3,(H-,79,81,83,84)/p+1/b14-11-,22-19-,23-20-,30-28-,31-29-,36-34-,37-35-,47-45-,69-66-. The van der Waals surface area contributed by atoms with Crippen LogP contribution in [0.3, 0.4) is 0 Å². The summed E-state index contributed by atoms with van der Waals surface area (Å²) in [7, 11) is 1.48. The van der Waals surface area contributed by atoms with Gasteiger partial charge in [0.15, 0.2) is 0 Å². The van der Waals surface area contributed by atoms with E-state index >= 15 is 0 Å². The van der Waals surface area contributed by atoms with Gasteiger partial charge in [0.05, 0.1) is 33.8 Å². The van der Waals surface area contributed by atoms with Crippen LogP contribution >= 0.6 is 7.82 Å². The normalized spacial score (nSPS) is 14.1. The molecule has 0 bridgehead atoms. The van der Waals surface area contributed by atoms with Crippen LogP contribution in [0.5, 0.6) is 0 Å². The van der Waals surface area contributed by atoms with Gasteiger partial charge in [-0.05, 0) is 115 Å². The second kappa shape index (κ2) is 66.6. The summed E-state index contributed by atoms with van der Waals surface area (Å²) in [4.78, 5) is 38.0. The summed E-state index contributed by atoms with van der Waals surface area (Å²) in [5.41, 5.74) is 0. The Morgan fingerprint density at radius 2 is 0.727 bits per heavy atom. The van der Waals surface area contributed by atoms with Gasteiger partial charge < -0.3 is 19.4 Å². The number of phosphoric acid groups is 1. The Kier molecular flexibility index (Phi) is 64.1. The zero-order valence-electron chi connectivity index (χ0n) is 58.2. The van der Waals surface area contributed by atoms with E-state index in [1.807, 2.05) is 33.3 Å². The Morgan fingerprint density at radius 1 is 0.409 bits per heavy atom. The van der Waals surface area contributed by atoms with E-state index in [1.54, 1.807) is 0 Å². The lowest BCUT2D eigenvalue weighted by atomic mass is 10.0. The van der Waals surface area contributed by atoms with Crippen LogP contribution in [0.1, 0.15) is 323 Å². The average Bonchev–Trinajstić information content (AvgIpc) is 3.71. The number of hydrogen-bond donors (Lipinski definition) is 2. The molecule has 1 amide bonds. The first-order chi connectivity index (χ1) is 42.9. The Bertz CT molecular complexity index is 1870. The van der Waals surface area contributed by atoms with Gasteiger partial charge in [0.1, 0.15) is 19.3 Å². The third-order valence-corrected chi connectivity index (χ3v) is 16.9. The van der Waals surface area contributed by atoms with Gasteiger partial charge in [-0.2, -0.15) is 0 Å². The van der Waals surface area contributed by atoms with Gasteiger partial charge in [0.2, 0.25) is 5.91 Å². The highest BCUT2D eigenvalue weighted by Gasteiger charge is 2.30. The molecule has 2 N–H and O–H groups in total. The Labute approximate surface area is 544 Å². The van der Waals surface area contributed by atoms with E-state index in [0.717, 1.165) is 116 Å². The second-order valence-corrected chi connectivity index (χ2v) is 27.2. The Balaban J connectivity index is 5.04. The van der Waals surface area contributed by atoms with Gasteiger partial charge in [0.25, 0.3) is 0 Å².